The Kier molecular flexibility index (Phi) is 11.7. The molecule has 1 saturated heterocycles. The lowest BCUT2D eigenvalue weighted by Crippen LogP contribution is -2.54. The third-order valence-corrected chi connectivity index (χ3v) is 11.4. The lowest BCUT2D eigenvalue weighted by atomic mass is 9.78. The van der Waals surface area contributed by atoms with E-state index in [9.17, 15) is 8.78 Å². The third-order valence-electron chi connectivity index (χ3n) is 11.4. The summed E-state index contributed by atoms with van der Waals surface area (Å²) in [7, 11) is 4.07. The highest BCUT2D eigenvalue weighted by molar-refractivity contribution is 6.16. The third kappa shape index (κ3) is 8.59. The second kappa shape index (κ2) is 16.3. The molecule has 1 unspecified atom stereocenters. The highest BCUT2D eigenvalue weighted by atomic mass is 19.1. The van der Waals surface area contributed by atoms with Gasteiger partial charge in [0.15, 0.2) is 0 Å². The molecule has 0 radical (unpaired) electrons. The monoisotopic (exact) mass is 734 g/mol. The van der Waals surface area contributed by atoms with Crippen LogP contribution in [0.4, 0.5) is 20.2 Å². The molecule has 1 aromatic heterocycles. The fourth-order valence-electron chi connectivity index (χ4n) is 8.49. The molecular formula is C44H56F2N8. The Bertz CT molecular complexity index is 1960. The van der Waals surface area contributed by atoms with Crippen LogP contribution in [0, 0.1) is 35.3 Å². The molecule has 2 atom stereocenters. The molecule has 286 valence electrons. The number of halogens is 2. The molecule has 3 N–H and O–H groups in total. The van der Waals surface area contributed by atoms with E-state index in [-0.39, 0.29) is 11.5 Å². The summed E-state index contributed by atoms with van der Waals surface area (Å²) < 4.78 is 27.6. The Hall–Kier alpha value is -4.83. The normalized spacial score (nSPS) is 22.9. The van der Waals surface area contributed by atoms with Crippen molar-refractivity contribution < 1.29 is 8.78 Å². The number of allylic oxidation sites excluding steroid dienone is 2. The van der Waals surface area contributed by atoms with Crippen molar-refractivity contribution in [2.24, 2.45) is 16.3 Å². The van der Waals surface area contributed by atoms with E-state index in [1.807, 2.05) is 26.1 Å². The highest BCUT2D eigenvalue weighted by Crippen LogP contribution is 2.40. The Labute approximate surface area is 320 Å². The largest absolute Gasteiger partial charge is 0.391 e. The number of aromatic nitrogens is 1. The molecule has 54 heavy (non-hydrogen) atoms. The van der Waals surface area contributed by atoms with Gasteiger partial charge in [-0.05, 0) is 97.9 Å². The van der Waals surface area contributed by atoms with Crippen LogP contribution in [0.5, 0.6) is 0 Å². The van der Waals surface area contributed by atoms with Crippen LogP contribution in [0.25, 0.3) is 17.0 Å². The van der Waals surface area contributed by atoms with Gasteiger partial charge < -0.3 is 30.7 Å². The van der Waals surface area contributed by atoms with Crippen molar-refractivity contribution in [3.8, 4) is 0 Å². The summed E-state index contributed by atoms with van der Waals surface area (Å²) in [6.07, 6.45) is 6.95. The zero-order valence-corrected chi connectivity index (χ0v) is 32.8. The first-order valence-corrected chi connectivity index (χ1v) is 19.2. The zero-order valence-electron chi connectivity index (χ0n) is 32.8. The number of aryl methyl sites for hydroxylation is 1. The van der Waals surface area contributed by atoms with Gasteiger partial charge in [0.2, 0.25) is 5.96 Å². The van der Waals surface area contributed by atoms with Gasteiger partial charge in [0, 0.05) is 86.8 Å². The molecule has 6 rings (SSSR count). The summed E-state index contributed by atoms with van der Waals surface area (Å²) in [5.41, 5.74) is 9.65. The predicted octanol–water partition coefficient (Wildman–Crippen LogP) is 8.96. The molecule has 3 aromatic rings. The molecule has 0 saturated carbocycles. The Morgan fingerprint density at radius 1 is 1.11 bits per heavy atom. The van der Waals surface area contributed by atoms with Crippen molar-refractivity contribution in [1.82, 2.24) is 20.1 Å². The van der Waals surface area contributed by atoms with E-state index in [2.05, 4.69) is 84.5 Å². The second-order valence-corrected chi connectivity index (χ2v) is 16.0. The van der Waals surface area contributed by atoms with Gasteiger partial charge in [-0.3, -0.25) is 4.98 Å². The first-order valence-electron chi connectivity index (χ1n) is 19.2. The fraction of sp³-hybridized carbons (Fsp3) is 0.432. The maximum Gasteiger partial charge on any atom is 0.208 e. The number of nitrogens with zero attached hydrogens (tertiary/aromatic N) is 5. The van der Waals surface area contributed by atoms with E-state index in [1.165, 1.54) is 18.3 Å². The number of nitrogens with one attached hydrogen (secondary N) is 3. The molecule has 1 fully saturated rings. The molecule has 8 nitrogen and oxygen atoms in total. The molecule has 0 amide bonds. The number of guanidine groups is 1. The summed E-state index contributed by atoms with van der Waals surface area (Å²) in [5.74, 6) is 0.0953. The number of hydrogen-bond acceptors (Lipinski definition) is 8. The van der Waals surface area contributed by atoms with Crippen molar-refractivity contribution in [3.63, 3.8) is 0 Å². The van der Waals surface area contributed by atoms with Crippen molar-refractivity contribution in [2.75, 3.05) is 50.5 Å². The number of rotatable bonds is 8. The smallest absolute Gasteiger partial charge is 0.208 e. The van der Waals surface area contributed by atoms with Crippen LogP contribution < -0.4 is 15.5 Å². The van der Waals surface area contributed by atoms with Gasteiger partial charge in [-0.15, -0.1) is 0 Å². The maximum absolute atomic E-state index is 13.8. The first-order chi connectivity index (χ1) is 25.8. The van der Waals surface area contributed by atoms with Crippen LogP contribution in [0.15, 0.2) is 72.4 Å². The lowest BCUT2D eigenvalue weighted by Gasteiger charge is -2.49. The van der Waals surface area contributed by atoms with E-state index < -0.39 is 11.6 Å². The van der Waals surface area contributed by atoms with Crippen molar-refractivity contribution in [2.45, 2.75) is 72.3 Å². The van der Waals surface area contributed by atoms with Crippen LogP contribution in [0.2, 0.25) is 0 Å². The SMILES string of the molecule is C=C1/N=C2\Nc3ccc(C(=C)N(C)C4CCN(CCc5cc(F)cc(F)c5)CC4(C)C)cc3N2C[C@H](C)CCCC/C(NC)=C(/C=N)c2cc1cc(C)n2. The second-order valence-electron chi connectivity index (χ2n) is 16.0. The predicted molar refractivity (Wildman–Crippen MR) is 221 cm³/mol. The standard InChI is InChI=1S/C44H56F2N8/c1-28-11-9-10-12-38(48-7)37(25-47)40-22-34(19-29(2)49-40)30(3)50-43-51-39-14-13-33(23-41(39)54(43)26-28)31(4)52(8)42-16-18-53(27-44(42,5)6)17-15-32-20-35(45)24-36(46)21-32/h13-14,19-25,28,42,47-48H,3-4,9-12,15-18,26-27H2,1-2,5-8H3,(H,50,51)/b38-37+,47-25?/t28-,42?/m1/s1. The van der Waals surface area contributed by atoms with Crippen molar-refractivity contribution in [3.05, 3.63) is 107 Å². The number of fused-ring (bicyclic) bond motifs is 5. The number of pyridine rings is 1. The number of likely N-dealkylation sites (tertiary alicyclic amines) is 1. The average Bonchev–Trinajstić information content (AvgIpc) is 3.45. The Balaban J connectivity index is 1.22. The number of aliphatic imine (C=N–C) groups is 1. The number of benzene rings is 2. The molecule has 3 aliphatic rings. The summed E-state index contributed by atoms with van der Waals surface area (Å²) >= 11 is 0. The van der Waals surface area contributed by atoms with E-state index in [4.69, 9.17) is 15.4 Å². The molecular weight excluding hydrogens is 679 g/mol. The van der Waals surface area contributed by atoms with E-state index in [1.54, 1.807) is 0 Å². The van der Waals surface area contributed by atoms with Gasteiger partial charge in [0.25, 0.3) is 0 Å². The van der Waals surface area contributed by atoms with E-state index >= 15 is 0 Å². The van der Waals surface area contributed by atoms with Gasteiger partial charge in [0.05, 0.1) is 22.8 Å². The topological polar surface area (TPSA) is 82.9 Å². The Morgan fingerprint density at radius 2 is 1.87 bits per heavy atom. The minimum absolute atomic E-state index is 0.0430. The zero-order chi connectivity index (χ0) is 38.7. The minimum Gasteiger partial charge on any atom is -0.391 e. The summed E-state index contributed by atoms with van der Waals surface area (Å²) in [6, 6.07) is 14.5. The number of hydrogen-bond donors (Lipinski definition) is 3. The molecule has 10 heteroatoms. The van der Waals surface area contributed by atoms with Gasteiger partial charge >= 0.3 is 0 Å². The number of piperidine rings is 1. The molecule has 4 heterocycles. The van der Waals surface area contributed by atoms with Crippen LogP contribution in [-0.2, 0) is 6.42 Å². The number of anilines is 2. The lowest BCUT2D eigenvalue weighted by molar-refractivity contribution is 0.0423. The quantitative estimate of drug-likeness (QED) is 0.201. The summed E-state index contributed by atoms with van der Waals surface area (Å²) in [6.45, 7) is 21.2. The van der Waals surface area contributed by atoms with Gasteiger partial charge in [-0.1, -0.05) is 46.4 Å². The van der Waals surface area contributed by atoms with E-state index in [0.717, 1.165) is 121 Å². The summed E-state index contributed by atoms with van der Waals surface area (Å²) in [5, 5.41) is 15.2. The molecule has 2 bridgehead atoms. The van der Waals surface area contributed by atoms with Crippen LogP contribution in [-0.4, -0.2) is 73.3 Å². The average molecular weight is 735 g/mol. The van der Waals surface area contributed by atoms with Gasteiger partial charge in [-0.2, -0.15) is 0 Å². The van der Waals surface area contributed by atoms with Crippen LogP contribution in [0.3, 0.4) is 0 Å². The van der Waals surface area contributed by atoms with Crippen molar-refractivity contribution in [1.29, 1.82) is 5.41 Å². The van der Waals surface area contributed by atoms with Crippen LogP contribution >= 0.6 is 0 Å². The highest BCUT2D eigenvalue weighted by Gasteiger charge is 2.39. The molecule has 2 aromatic carbocycles. The Morgan fingerprint density at radius 3 is 2.57 bits per heavy atom. The van der Waals surface area contributed by atoms with E-state index in [0.29, 0.717) is 23.6 Å². The molecule has 3 aliphatic heterocycles. The molecule has 0 spiro atoms. The van der Waals surface area contributed by atoms with Crippen LogP contribution in [0.1, 0.15) is 81.0 Å². The van der Waals surface area contributed by atoms with Gasteiger partial charge in [0.1, 0.15) is 11.6 Å². The summed E-state index contributed by atoms with van der Waals surface area (Å²) in [4.78, 5) is 16.9. The van der Waals surface area contributed by atoms with Crippen molar-refractivity contribution >= 4 is 40.5 Å². The maximum atomic E-state index is 13.8. The fourth-order valence-corrected chi connectivity index (χ4v) is 8.49. The minimum atomic E-state index is -0.526. The first kappa shape index (κ1) is 38.9. The molecule has 0 aliphatic carbocycles. The van der Waals surface area contributed by atoms with Gasteiger partial charge in [-0.25, -0.2) is 13.8 Å².